The van der Waals surface area contributed by atoms with Crippen LogP contribution in [0.25, 0.3) is 0 Å². The maximum atomic E-state index is 11.5. The van der Waals surface area contributed by atoms with Crippen molar-refractivity contribution in [1.29, 1.82) is 5.26 Å². The summed E-state index contributed by atoms with van der Waals surface area (Å²) >= 11 is 1.58. The van der Waals surface area contributed by atoms with Gasteiger partial charge >= 0.3 is 0 Å². The first kappa shape index (κ1) is 14.5. The Kier molecular flexibility index (Phi) is 4.07. The summed E-state index contributed by atoms with van der Waals surface area (Å²) in [6.07, 6.45) is 4.30. The second-order valence-corrected chi connectivity index (χ2v) is 6.33. The van der Waals surface area contributed by atoms with Gasteiger partial charge in [-0.15, -0.1) is 11.3 Å². The lowest BCUT2D eigenvalue weighted by Crippen LogP contribution is -2.33. The highest BCUT2D eigenvalue weighted by Crippen LogP contribution is 2.36. The van der Waals surface area contributed by atoms with Crippen molar-refractivity contribution in [2.24, 2.45) is 0 Å². The maximum absolute atomic E-state index is 11.5. The van der Waals surface area contributed by atoms with E-state index in [1.807, 2.05) is 23.2 Å². The van der Waals surface area contributed by atoms with Gasteiger partial charge in [-0.2, -0.15) is 5.26 Å². The van der Waals surface area contributed by atoms with Crippen LogP contribution in [-0.4, -0.2) is 22.3 Å². The molecule has 2 aromatic rings. The number of fused-ring (bicyclic) bond motifs is 1. The van der Waals surface area contributed by atoms with E-state index in [0.717, 1.165) is 33.0 Å². The molecule has 0 aromatic carbocycles. The van der Waals surface area contributed by atoms with Crippen molar-refractivity contribution in [2.45, 2.75) is 26.4 Å². The van der Waals surface area contributed by atoms with E-state index in [1.54, 1.807) is 24.5 Å². The highest BCUT2D eigenvalue weighted by molar-refractivity contribution is 7.16. The van der Waals surface area contributed by atoms with Crippen LogP contribution < -0.4 is 5.32 Å². The quantitative estimate of drug-likeness (QED) is 0.945. The van der Waals surface area contributed by atoms with Crippen LogP contribution in [0, 0.1) is 11.3 Å². The largest absolute Gasteiger partial charge is 0.372 e. The Hall–Kier alpha value is -2.39. The SMILES string of the molecule is CC(=O)N1CCc2c(sc(NCc3cccnc3)c2C#N)C1. The molecule has 1 aliphatic heterocycles. The molecule has 1 amide bonds. The third-order valence-corrected chi connectivity index (χ3v) is 4.96. The van der Waals surface area contributed by atoms with Crippen molar-refractivity contribution in [1.82, 2.24) is 9.88 Å². The van der Waals surface area contributed by atoms with Crippen LogP contribution in [0.15, 0.2) is 24.5 Å². The van der Waals surface area contributed by atoms with Gasteiger partial charge in [0.05, 0.1) is 12.1 Å². The van der Waals surface area contributed by atoms with E-state index in [0.29, 0.717) is 19.6 Å². The highest BCUT2D eigenvalue weighted by Gasteiger charge is 2.25. The fraction of sp³-hybridized carbons (Fsp3) is 0.312. The van der Waals surface area contributed by atoms with Gasteiger partial charge in [0.15, 0.2) is 0 Å². The molecule has 0 unspecified atom stereocenters. The smallest absolute Gasteiger partial charge is 0.219 e. The average molecular weight is 312 g/mol. The van der Waals surface area contributed by atoms with Crippen LogP contribution >= 0.6 is 11.3 Å². The van der Waals surface area contributed by atoms with E-state index in [9.17, 15) is 10.1 Å². The fourth-order valence-corrected chi connectivity index (χ4v) is 3.81. The summed E-state index contributed by atoms with van der Waals surface area (Å²) in [5.74, 6) is 0.0856. The van der Waals surface area contributed by atoms with E-state index >= 15 is 0 Å². The van der Waals surface area contributed by atoms with Gasteiger partial charge < -0.3 is 10.2 Å². The summed E-state index contributed by atoms with van der Waals surface area (Å²) in [7, 11) is 0. The van der Waals surface area contributed by atoms with Gasteiger partial charge in [-0.3, -0.25) is 9.78 Å². The van der Waals surface area contributed by atoms with Crippen LogP contribution in [0.4, 0.5) is 5.00 Å². The van der Waals surface area contributed by atoms with Crippen LogP contribution in [0.2, 0.25) is 0 Å². The number of anilines is 1. The van der Waals surface area contributed by atoms with Gasteiger partial charge in [0.1, 0.15) is 11.1 Å². The molecule has 6 heteroatoms. The molecule has 2 aromatic heterocycles. The van der Waals surface area contributed by atoms with E-state index in [2.05, 4.69) is 16.4 Å². The molecule has 0 saturated carbocycles. The molecule has 0 aliphatic carbocycles. The fourth-order valence-electron chi connectivity index (χ4n) is 2.60. The van der Waals surface area contributed by atoms with Crippen LogP contribution in [0.3, 0.4) is 0 Å². The predicted molar refractivity (Wildman–Crippen MR) is 85.4 cm³/mol. The normalized spacial score (nSPS) is 13.4. The second kappa shape index (κ2) is 6.16. The zero-order chi connectivity index (χ0) is 15.5. The molecular weight excluding hydrogens is 296 g/mol. The van der Waals surface area contributed by atoms with E-state index in [1.165, 1.54) is 0 Å². The zero-order valence-electron chi connectivity index (χ0n) is 12.3. The Morgan fingerprint density at radius 3 is 3.14 bits per heavy atom. The number of carbonyl (C=O) groups is 1. The summed E-state index contributed by atoms with van der Waals surface area (Å²) < 4.78 is 0. The second-order valence-electron chi connectivity index (χ2n) is 5.23. The Morgan fingerprint density at radius 2 is 2.45 bits per heavy atom. The molecule has 0 fully saturated rings. The van der Waals surface area contributed by atoms with Gasteiger partial charge in [-0.05, 0) is 23.6 Å². The van der Waals surface area contributed by atoms with Crippen molar-refractivity contribution >= 4 is 22.2 Å². The Labute approximate surface area is 133 Å². The lowest BCUT2D eigenvalue weighted by atomic mass is 10.0. The number of rotatable bonds is 3. The van der Waals surface area contributed by atoms with Crippen molar-refractivity contribution in [3.05, 3.63) is 46.1 Å². The summed E-state index contributed by atoms with van der Waals surface area (Å²) in [6.45, 7) is 3.53. The number of aromatic nitrogens is 1. The summed E-state index contributed by atoms with van der Waals surface area (Å²) in [5, 5.41) is 13.7. The van der Waals surface area contributed by atoms with Crippen molar-refractivity contribution in [3.8, 4) is 6.07 Å². The highest BCUT2D eigenvalue weighted by atomic mass is 32.1. The molecule has 0 spiro atoms. The van der Waals surface area contributed by atoms with E-state index < -0.39 is 0 Å². The average Bonchev–Trinajstić information content (AvgIpc) is 2.90. The number of nitrogens with one attached hydrogen (secondary N) is 1. The number of amides is 1. The topological polar surface area (TPSA) is 69.0 Å². The molecule has 3 rings (SSSR count). The first-order chi connectivity index (χ1) is 10.7. The van der Waals surface area contributed by atoms with Gasteiger partial charge in [-0.1, -0.05) is 6.07 Å². The van der Waals surface area contributed by atoms with E-state index in [-0.39, 0.29) is 5.91 Å². The minimum atomic E-state index is 0.0856. The number of thiophene rings is 1. The number of nitrogens with zero attached hydrogens (tertiary/aromatic N) is 3. The van der Waals surface area contributed by atoms with E-state index in [4.69, 9.17) is 0 Å². The van der Waals surface area contributed by atoms with Gasteiger partial charge in [0, 0.05) is 37.3 Å². The molecular formula is C16H16N4OS. The summed E-state index contributed by atoms with van der Waals surface area (Å²) in [5.41, 5.74) is 2.90. The van der Waals surface area contributed by atoms with Crippen molar-refractivity contribution in [2.75, 3.05) is 11.9 Å². The molecule has 5 nitrogen and oxygen atoms in total. The molecule has 1 aliphatic rings. The monoisotopic (exact) mass is 312 g/mol. The third kappa shape index (κ3) is 2.81. The van der Waals surface area contributed by atoms with Gasteiger partial charge in [0.2, 0.25) is 5.91 Å². The minimum Gasteiger partial charge on any atom is -0.372 e. The van der Waals surface area contributed by atoms with Crippen LogP contribution in [0.5, 0.6) is 0 Å². The molecule has 0 bridgehead atoms. The molecule has 0 saturated heterocycles. The number of carbonyl (C=O) groups excluding carboxylic acids is 1. The van der Waals surface area contributed by atoms with Crippen molar-refractivity contribution < 1.29 is 4.79 Å². The maximum Gasteiger partial charge on any atom is 0.219 e. The number of hydrogen-bond acceptors (Lipinski definition) is 5. The molecule has 22 heavy (non-hydrogen) atoms. The number of hydrogen-bond donors (Lipinski definition) is 1. The first-order valence-corrected chi connectivity index (χ1v) is 7.93. The van der Waals surface area contributed by atoms with Crippen LogP contribution in [0.1, 0.15) is 28.5 Å². The Morgan fingerprint density at radius 1 is 1.59 bits per heavy atom. The molecule has 0 atom stereocenters. The number of pyridine rings is 1. The lowest BCUT2D eigenvalue weighted by molar-refractivity contribution is -0.129. The first-order valence-electron chi connectivity index (χ1n) is 7.12. The Bertz CT molecular complexity index is 733. The van der Waals surface area contributed by atoms with Gasteiger partial charge in [0.25, 0.3) is 0 Å². The van der Waals surface area contributed by atoms with Crippen LogP contribution in [-0.2, 0) is 24.3 Å². The van der Waals surface area contributed by atoms with Crippen molar-refractivity contribution in [3.63, 3.8) is 0 Å². The summed E-state index contributed by atoms with van der Waals surface area (Å²) in [6, 6.07) is 6.21. The standard InChI is InChI=1S/C16H16N4OS/c1-11(21)20-6-4-13-14(7-17)16(22-15(13)10-20)19-9-12-3-2-5-18-8-12/h2-3,5,8,19H,4,6,9-10H2,1H3. The molecule has 1 N–H and O–H groups in total. The molecule has 112 valence electrons. The summed E-state index contributed by atoms with van der Waals surface area (Å²) in [4.78, 5) is 18.6. The lowest BCUT2D eigenvalue weighted by Gasteiger charge is -2.25. The molecule has 3 heterocycles. The Balaban J connectivity index is 1.81. The number of nitriles is 1. The molecule has 0 radical (unpaired) electrons. The third-order valence-electron chi connectivity index (χ3n) is 3.79. The minimum absolute atomic E-state index is 0.0856. The van der Waals surface area contributed by atoms with Gasteiger partial charge in [-0.25, -0.2) is 0 Å². The predicted octanol–water partition coefficient (Wildman–Crippen LogP) is 2.53. The zero-order valence-corrected chi connectivity index (χ0v) is 13.1.